The molecular formula is C21H28BrNO2. The second-order valence-electron chi connectivity index (χ2n) is 7.19. The van der Waals surface area contributed by atoms with Crippen molar-refractivity contribution in [2.75, 3.05) is 18.0 Å². The molecule has 0 bridgehead atoms. The third-order valence-electron chi connectivity index (χ3n) is 4.40. The first-order valence-electron chi connectivity index (χ1n) is 8.74. The first kappa shape index (κ1) is 20.0. The smallest absolute Gasteiger partial charge is 0.0940 e. The molecule has 136 valence electrons. The van der Waals surface area contributed by atoms with Gasteiger partial charge in [0.15, 0.2) is 0 Å². The Kier molecular flexibility index (Phi) is 6.66. The van der Waals surface area contributed by atoms with Crippen molar-refractivity contribution in [1.82, 2.24) is 0 Å². The summed E-state index contributed by atoms with van der Waals surface area (Å²) in [7, 11) is 0. The van der Waals surface area contributed by atoms with E-state index >= 15 is 0 Å². The number of hydrogen-bond donors (Lipinski definition) is 2. The predicted molar refractivity (Wildman–Crippen MR) is 108 cm³/mol. The van der Waals surface area contributed by atoms with Crippen LogP contribution in [-0.2, 0) is 5.60 Å². The van der Waals surface area contributed by atoms with Gasteiger partial charge in [-0.25, -0.2) is 0 Å². The van der Waals surface area contributed by atoms with Gasteiger partial charge in [-0.15, -0.1) is 0 Å². The van der Waals surface area contributed by atoms with E-state index in [1.54, 1.807) is 13.8 Å². The predicted octanol–water partition coefficient (Wildman–Crippen LogP) is 4.71. The van der Waals surface area contributed by atoms with E-state index in [1.807, 2.05) is 42.5 Å². The maximum absolute atomic E-state index is 11.4. The SMILES string of the molecule is CCN(CC[C@](O)(CC(C)(C)O)c1ccccc1)c1ccc(Br)cc1. The van der Waals surface area contributed by atoms with Gasteiger partial charge in [-0.2, -0.15) is 0 Å². The molecule has 3 nitrogen and oxygen atoms in total. The summed E-state index contributed by atoms with van der Waals surface area (Å²) in [5.74, 6) is 0. The monoisotopic (exact) mass is 405 g/mol. The summed E-state index contributed by atoms with van der Waals surface area (Å²) < 4.78 is 1.05. The van der Waals surface area contributed by atoms with Crippen molar-refractivity contribution in [3.05, 3.63) is 64.6 Å². The summed E-state index contributed by atoms with van der Waals surface area (Å²) in [4.78, 5) is 2.24. The fourth-order valence-electron chi connectivity index (χ4n) is 3.24. The summed E-state index contributed by atoms with van der Waals surface area (Å²) in [5, 5.41) is 21.7. The molecule has 0 radical (unpaired) electrons. The zero-order valence-electron chi connectivity index (χ0n) is 15.2. The number of rotatable bonds is 8. The number of aliphatic hydroxyl groups is 2. The van der Waals surface area contributed by atoms with E-state index in [2.05, 4.69) is 39.9 Å². The molecule has 0 saturated carbocycles. The highest BCUT2D eigenvalue weighted by Gasteiger charge is 2.35. The fourth-order valence-corrected chi connectivity index (χ4v) is 3.50. The highest BCUT2D eigenvalue weighted by Crippen LogP contribution is 2.34. The molecule has 2 rings (SSSR count). The van der Waals surface area contributed by atoms with Gasteiger partial charge in [0.05, 0.1) is 11.2 Å². The number of hydrogen-bond acceptors (Lipinski definition) is 3. The fraction of sp³-hybridized carbons (Fsp3) is 0.429. The Labute approximate surface area is 159 Å². The molecule has 0 fully saturated rings. The first-order chi connectivity index (χ1) is 11.7. The van der Waals surface area contributed by atoms with E-state index in [0.717, 1.165) is 22.3 Å². The van der Waals surface area contributed by atoms with Gasteiger partial charge in [-0.1, -0.05) is 46.3 Å². The van der Waals surface area contributed by atoms with Crippen LogP contribution in [-0.4, -0.2) is 28.9 Å². The topological polar surface area (TPSA) is 43.7 Å². The van der Waals surface area contributed by atoms with Crippen LogP contribution in [0.4, 0.5) is 5.69 Å². The van der Waals surface area contributed by atoms with E-state index in [0.29, 0.717) is 19.4 Å². The molecule has 0 aliphatic carbocycles. The van der Waals surface area contributed by atoms with E-state index in [4.69, 9.17) is 0 Å². The van der Waals surface area contributed by atoms with Crippen molar-refractivity contribution in [1.29, 1.82) is 0 Å². The Morgan fingerprint density at radius 3 is 2.08 bits per heavy atom. The van der Waals surface area contributed by atoms with Gasteiger partial charge >= 0.3 is 0 Å². The van der Waals surface area contributed by atoms with Gasteiger partial charge in [-0.05, 0) is 57.0 Å². The summed E-state index contributed by atoms with van der Waals surface area (Å²) >= 11 is 3.46. The van der Waals surface area contributed by atoms with Crippen LogP contribution in [0.3, 0.4) is 0 Å². The Hall–Kier alpha value is -1.36. The third-order valence-corrected chi connectivity index (χ3v) is 4.93. The molecule has 0 aliphatic rings. The lowest BCUT2D eigenvalue weighted by molar-refractivity contribution is -0.0545. The van der Waals surface area contributed by atoms with Crippen molar-refractivity contribution in [2.24, 2.45) is 0 Å². The van der Waals surface area contributed by atoms with Crippen LogP contribution in [0.25, 0.3) is 0 Å². The second-order valence-corrected chi connectivity index (χ2v) is 8.11. The summed E-state index contributed by atoms with van der Waals surface area (Å²) in [5.41, 5.74) is -0.0324. The molecule has 0 aromatic heterocycles. The van der Waals surface area contributed by atoms with Crippen molar-refractivity contribution in [2.45, 2.75) is 44.8 Å². The molecule has 0 heterocycles. The highest BCUT2D eigenvalue weighted by molar-refractivity contribution is 9.10. The standard InChI is InChI=1S/C21H28BrNO2/c1-4-23(19-12-10-18(22)11-13-19)15-14-21(25,16-20(2,3)24)17-8-6-5-7-9-17/h5-13,24-25H,4,14-16H2,1-3H3/t21-/m0/s1. The molecule has 2 aromatic carbocycles. The van der Waals surface area contributed by atoms with Crippen LogP contribution in [0.2, 0.25) is 0 Å². The molecule has 25 heavy (non-hydrogen) atoms. The molecular weight excluding hydrogens is 378 g/mol. The maximum atomic E-state index is 11.4. The Morgan fingerprint density at radius 2 is 1.56 bits per heavy atom. The van der Waals surface area contributed by atoms with Crippen molar-refractivity contribution < 1.29 is 10.2 Å². The molecule has 0 unspecified atom stereocenters. The molecule has 0 saturated heterocycles. The molecule has 2 N–H and O–H groups in total. The zero-order chi connectivity index (χ0) is 18.5. The van der Waals surface area contributed by atoms with Crippen molar-refractivity contribution in [3.8, 4) is 0 Å². The van der Waals surface area contributed by atoms with Gasteiger partial charge in [0.25, 0.3) is 0 Å². The van der Waals surface area contributed by atoms with Gasteiger partial charge in [0.2, 0.25) is 0 Å². The summed E-state index contributed by atoms with van der Waals surface area (Å²) in [6.07, 6.45) is 0.840. The first-order valence-corrected chi connectivity index (χ1v) is 9.54. The normalized spacial score (nSPS) is 14.2. The van der Waals surface area contributed by atoms with Crippen LogP contribution >= 0.6 is 15.9 Å². The number of halogens is 1. The van der Waals surface area contributed by atoms with E-state index < -0.39 is 11.2 Å². The maximum Gasteiger partial charge on any atom is 0.0940 e. The minimum Gasteiger partial charge on any atom is -0.390 e. The van der Waals surface area contributed by atoms with Crippen LogP contribution in [0, 0.1) is 0 Å². The Balaban J connectivity index is 2.20. The van der Waals surface area contributed by atoms with Gasteiger partial charge in [0.1, 0.15) is 0 Å². The lowest BCUT2D eigenvalue weighted by atomic mass is 9.81. The van der Waals surface area contributed by atoms with Gasteiger partial charge in [0, 0.05) is 29.7 Å². The molecule has 2 aromatic rings. The summed E-state index contributed by atoms with van der Waals surface area (Å²) in [6, 6.07) is 17.9. The molecule has 0 spiro atoms. The molecule has 1 atom stereocenters. The van der Waals surface area contributed by atoms with Gasteiger partial charge < -0.3 is 15.1 Å². The zero-order valence-corrected chi connectivity index (χ0v) is 16.8. The van der Waals surface area contributed by atoms with Gasteiger partial charge in [-0.3, -0.25) is 0 Å². The Morgan fingerprint density at radius 1 is 0.960 bits per heavy atom. The Bertz CT molecular complexity index is 652. The highest BCUT2D eigenvalue weighted by atomic mass is 79.9. The lowest BCUT2D eigenvalue weighted by Gasteiger charge is -2.36. The van der Waals surface area contributed by atoms with Crippen LogP contribution in [0.5, 0.6) is 0 Å². The number of nitrogens with zero attached hydrogens (tertiary/aromatic N) is 1. The lowest BCUT2D eigenvalue weighted by Crippen LogP contribution is -2.39. The largest absolute Gasteiger partial charge is 0.390 e. The van der Waals surface area contributed by atoms with Crippen molar-refractivity contribution >= 4 is 21.6 Å². The van der Waals surface area contributed by atoms with E-state index in [9.17, 15) is 10.2 Å². The molecule has 0 aliphatic heterocycles. The van der Waals surface area contributed by atoms with Crippen molar-refractivity contribution in [3.63, 3.8) is 0 Å². The molecule has 0 amide bonds. The third kappa shape index (κ3) is 5.84. The molecule has 4 heteroatoms. The average Bonchev–Trinajstić information content (AvgIpc) is 2.56. The van der Waals surface area contributed by atoms with E-state index in [-0.39, 0.29) is 0 Å². The van der Waals surface area contributed by atoms with E-state index in [1.165, 1.54) is 0 Å². The minimum atomic E-state index is -1.07. The average molecular weight is 406 g/mol. The number of anilines is 1. The minimum absolute atomic E-state index is 0.294. The van der Waals surface area contributed by atoms with Crippen LogP contribution < -0.4 is 4.90 Å². The van der Waals surface area contributed by atoms with Crippen LogP contribution in [0.1, 0.15) is 39.2 Å². The quantitative estimate of drug-likeness (QED) is 0.667. The van der Waals surface area contributed by atoms with Crippen LogP contribution in [0.15, 0.2) is 59.1 Å². The second kappa shape index (κ2) is 8.35. The summed E-state index contributed by atoms with van der Waals surface area (Å²) in [6.45, 7) is 7.16. The number of benzene rings is 2.